The lowest BCUT2D eigenvalue weighted by molar-refractivity contribution is -0.000598. The lowest BCUT2D eigenvalue weighted by Crippen LogP contribution is -2.34. The van der Waals surface area contributed by atoms with Crippen LogP contribution in [0.3, 0.4) is 0 Å². The van der Waals surface area contributed by atoms with Crippen molar-refractivity contribution in [1.82, 2.24) is 0 Å². The molecule has 0 aromatic heterocycles. The van der Waals surface area contributed by atoms with Crippen LogP contribution >= 0.6 is 0 Å². The fraction of sp³-hybridized carbons (Fsp3) is 0.452. The van der Waals surface area contributed by atoms with Gasteiger partial charge in [-0.25, -0.2) is 4.79 Å². The zero-order valence-electron chi connectivity index (χ0n) is 21.1. The smallest absolute Gasteiger partial charge is 0.338 e. The summed E-state index contributed by atoms with van der Waals surface area (Å²) in [4.78, 5) is 12.8. The molecule has 0 radical (unpaired) electrons. The first-order chi connectivity index (χ1) is 16.6. The molecule has 0 N–H and O–H groups in total. The zero-order valence-corrected chi connectivity index (χ0v) is 21.1. The molecule has 2 atom stereocenters. The maximum Gasteiger partial charge on any atom is 0.338 e. The lowest BCUT2D eigenvalue weighted by atomic mass is 9.77. The second kappa shape index (κ2) is 13.2. The number of unbranched alkanes of at least 4 members (excludes halogenated alkanes) is 5. The van der Waals surface area contributed by atoms with E-state index in [1.165, 1.54) is 32.1 Å². The minimum Gasteiger partial charge on any atom is -0.494 e. The minimum absolute atomic E-state index is 0.148. The Morgan fingerprint density at radius 1 is 0.882 bits per heavy atom. The highest BCUT2D eigenvalue weighted by Gasteiger charge is 2.33. The SMILES string of the molecule is CCCCCCCCOc1ccc(-c2ccc(C(=O)OC(CC)C3(C)C=CC=CC3)cc2)cc1. The molecule has 0 aliphatic heterocycles. The van der Waals surface area contributed by atoms with Crippen molar-refractivity contribution < 1.29 is 14.3 Å². The summed E-state index contributed by atoms with van der Waals surface area (Å²) in [6.45, 7) is 7.23. The van der Waals surface area contributed by atoms with Crippen molar-refractivity contribution in [1.29, 1.82) is 0 Å². The van der Waals surface area contributed by atoms with Crippen LogP contribution in [0.1, 0.15) is 82.5 Å². The van der Waals surface area contributed by atoms with E-state index in [0.717, 1.165) is 42.7 Å². The van der Waals surface area contributed by atoms with Gasteiger partial charge in [-0.15, -0.1) is 0 Å². The van der Waals surface area contributed by atoms with Gasteiger partial charge >= 0.3 is 5.97 Å². The first-order valence-electron chi connectivity index (χ1n) is 12.9. The molecule has 0 bridgehead atoms. The molecule has 0 spiro atoms. The van der Waals surface area contributed by atoms with Crippen LogP contribution in [-0.4, -0.2) is 18.7 Å². The number of hydrogen-bond donors (Lipinski definition) is 0. The Labute approximate surface area is 205 Å². The van der Waals surface area contributed by atoms with Crippen molar-refractivity contribution in [2.75, 3.05) is 6.61 Å². The van der Waals surface area contributed by atoms with E-state index < -0.39 is 0 Å². The van der Waals surface area contributed by atoms with Gasteiger partial charge in [-0.2, -0.15) is 0 Å². The fourth-order valence-electron chi connectivity index (χ4n) is 4.48. The lowest BCUT2D eigenvalue weighted by Gasteiger charge is -2.34. The molecule has 1 aliphatic rings. The molecule has 34 heavy (non-hydrogen) atoms. The van der Waals surface area contributed by atoms with E-state index in [4.69, 9.17) is 9.47 Å². The average molecular weight is 461 g/mol. The molecule has 0 saturated carbocycles. The fourth-order valence-corrected chi connectivity index (χ4v) is 4.48. The highest BCUT2D eigenvalue weighted by Crippen LogP contribution is 2.35. The van der Waals surface area contributed by atoms with Crippen molar-refractivity contribution in [3.05, 3.63) is 78.4 Å². The number of ether oxygens (including phenoxy) is 2. The number of esters is 1. The van der Waals surface area contributed by atoms with E-state index in [-0.39, 0.29) is 17.5 Å². The molecule has 0 saturated heterocycles. The third-order valence-corrected chi connectivity index (χ3v) is 6.71. The third-order valence-electron chi connectivity index (χ3n) is 6.71. The third kappa shape index (κ3) is 7.35. The first-order valence-corrected chi connectivity index (χ1v) is 12.9. The van der Waals surface area contributed by atoms with E-state index in [0.29, 0.717) is 5.56 Å². The number of hydrogen-bond acceptors (Lipinski definition) is 3. The second-order valence-corrected chi connectivity index (χ2v) is 9.52. The molecular weight excluding hydrogens is 420 g/mol. The van der Waals surface area contributed by atoms with Crippen LogP contribution in [0.25, 0.3) is 11.1 Å². The number of carbonyl (C=O) groups excluding carboxylic acids is 1. The van der Waals surface area contributed by atoms with Gasteiger partial charge in [-0.1, -0.05) is 101 Å². The number of carbonyl (C=O) groups is 1. The molecule has 0 fully saturated rings. The van der Waals surface area contributed by atoms with Crippen LogP contribution in [0.5, 0.6) is 5.75 Å². The maximum absolute atomic E-state index is 12.8. The molecule has 1 aliphatic carbocycles. The van der Waals surface area contributed by atoms with Gasteiger partial charge in [0.05, 0.1) is 12.2 Å². The van der Waals surface area contributed by atoms with Crippen molar-refractivity contribution in [3.63, 3.8) is 0 Å². The second-order valence-electron chi connectivity index (χ2n) is 9.52. The topological polar surface area (TPSA) is 35.5 Å². The van der Waals surface area contributed by atoms with Gasteiger partial charge in [-0.3, -0.25) is 0 Å². The van der Waals surface area contributed by atoms with Crippen LogP contribution in [0.15, 0.2) is 72.8 Å². The predicted octanol–water partition coefficient (Wildman–Crippen LogP) is 8.55. The molecule has 182 valence electrons. The maximum atomic E-state index is 12.8. The summed E-state index contributed by atoms with van der Waals surface area (Å²) in [5.41, 5.74) is 2.60. The van der Waals surface area contributed by atoms with Gasteiger partial charge in [0.25, 0.3) is 0 Å². The van der Waals surface area contributed by atoms with Crippen molar-refractivity contribution in [2.24, 2.45) is 5.41 Å². The molecular formula is C31H40O3. The summed E-state index contributed by atoms with van der Waals surface area (Å²) in [5, 5.41) is 0. The molecule has 3 heteroatoms. The summed E-state index contributed by atoms with van der Waals surface area (Å²) in [5.74, 6) is 0.643. The van der Waals surface area contributed by atoms with Crippen molar-refractivity contribution in [3.8, 4) is 16.9 Å². The van der Waals surface area contributed by atoms with Crippen LogP contribution in [0.2, 0.25) is 0 Å². The van der Waals surface area contributed by atoms with Crippen LogP contribution in [0.4, 0.5) is 0 Å². The first kappa shape index (κ1) is 25.8. The number of benzene rings is 2. The molecule has 3 nitrogen and oxygen atoms in total. The van der Waals surface area contributed by atoms with E-state index in [2.05, 4.69) is 45.1 Å². The predicted molar refractivity (Wildman–Crippen MR) is 141 cm³/mol. The standard InChI is InChI=1S/C31H40O3/c1-4-6-7-8-9-13-24-33-28-20-18-26(19-21-28)25-14-16-27(17-15-25)30(32)34-29(5-2)31(3)22-11-10-12-23-31/h10-12,14-22,29H,4-9,13,23-24H2,1-3H3. The Bertz CT molecular complexity index is 940. The van der Waals surface area contributed by atoms with Gasteiger partial charge in [-0.05, 0) is 54.7 Å². The molecule has 0 heterocycles. The molecule has 0 amide bonds. The summed E-state index contributed by atoms with van der Waals surface area (Å²) < 4.78 is 11.8. The monoisotopic (exact) mass is 460 g/mol. The van der Waals surface area contributed by atoms with Gasteiger partial charge in [0.1, 0.15) is 11.9 Å². The number of rotatable bonds is 13. The van der Waals surface area contributed by atoms with Crippen LogP contribution in [-0.2, 0) is 4.74 Å². The van der Waals surface area contributed by atoms with E-state index in [1.807, 2.05) is 48.6 Å². The number of allylic oxidation sites excluding steroid dienone is 3. The van der Waals surface area contributed by atoms with E-state index >= 15 is 0 Å². The minimum atomic E-state index is -0.263. The van der Waals surface area contributed by atoms with Crippen molar-refractivity contribution in [2.45, 2.75) is 78.2 Å². The Balaban J connectivity index is 1.51. The Hall–Kier alpha value is -2.81. The summed E-state index contributed by atoms with van der Waals surface area (Å²) in [6, 6.07) is 15.9. The summed E-state index contributed by atoms with van der Waals surface area (Å²) >= 11 is 0. The highest BCUT2D eigenvalue weighted by molar-refractivity contribution is 5.90. The Morgan fingerprint density at radius 2 is 1.53 bits per heavy atom. The van der Waals surface area contributed by atoms with Gasteiger partial charge in [0.2, 0.25) is 0 Å². The molecule has 3 rings (SSSR count). The highest BCUT2D eigenvalue weighted by atomic mass is 16.5. The van der Waals surface area contributed by atoms with Gasteiger partial charge in [0, 0.05) is 5.41 Å². The quantitative estimate of drug-likeness (QED) is 0.222. The zero-order chi connectivity index (χ0) is 24.2. The van der Waals surface area contributed by atoms with Crippen LogP contribution in [0, 0.1) is 5.41 Å². The summed E-state index contributed by atoms with van der Waals surface area (Å²) in [7, 11) is 0. The average Bonchev–Trinajstić information content (AvgIpc) is 2.87. The molecule has 2 aromatic rings. The van der Waals surface area contributed by atoms with E-state index in [9.17, 15) is 4.79 Å². The van der Waals surface area contributed by atoms with Crippen LogP contribution < -0.4 is 4.74 Å². The van der Waals surface area contributed by atoms with E-state index in [1.54, 1.807) is 0 Å². The Morgan fingerprint density at radius 3 is 2.15 bits per heavy atom. The Kier molecular flexibility index (Phi) is 10.00. The normalized spacial score (nSPS) is 18.0. The molecule has 2 aromatic carbocycles. The van der Waals surface area contributed by atoms with Gasteiger partial charge < -0.3 is 9.47 Å². The van der Waals surface area contributed by atoms with Crippen molar-refractivity contribution >= 4 is 5.97 Å². The largest absolute Gasteiger partial charge is 0.494 e. The summed E-state index contributed by atoms with van der Waals surface area (Å²) in [6.07, 6.45) is 17.5. The molecule has 2 unspecified atom stereocenters. The van der Waals surface area contributed by atoms with Gasteiger partial charge in [0.15, 0.2) is 0 Å².